The van der Waals surface area contributed by atoms with Gasteiger partial charge in [0, 0.05) is 31.1 Å². The lowest BCUT2D eigenvalue weighted by atomic mass is 9.97. The number of aryl methyl sites for hydroxylation is 1. The number of nitrogens with zero attached hydrogens (tertiary/aromatic N) is 2. The van der Waals surface area contributed by atoms with Gasteiger partial charge in [0.1, 0.15) is 4.21 Å². The van der Waals surface area contributed by atoms with Crippen LogP contribution in [0.1, 0.15) is 37.0 Å². The molecule has 2 saturated heterocycles. The van der Waals surface area contributed by atoms with Gasteiger partial charge in [-0.3, -0.25) is 4.79 Å². The van der Waals surface area contributed by atoms with Crippen molar-refractivity contribution in [2.24, 2.45) is 5.92 Å². The zero-order chi connectivity index (χ0) is 16.4. The first-order valence-electron chi connectivity index (χ1n) is 8.34. The van der Waals surface area contributed by atoms with Gasteiger partial charge in [-0.15, -0.1) is 11.3 Å². The molecular weight excluding hydrogens is 332 g/mol. The Morgan fingerprint density at radius 2 is 1.87 bits per heavy atom. The first-order valence-corrected chi connectivity index (χ1v) is 10.6. The molecule has 3 rings (SSSR count). The van der Waals surface area contributed by atoms with Gasteiger partial charge >= 0.3 is 0 Å². The summed E-state index contributed by atoms with van der Waals surface area (Å²) in [5.74, 6) is -0.0374. The van der Waals surface area contributed by atoms with Crippen LogP contribution in [0.5, 0.6) is 0 Å². The van der Waals surface area contributed by atoms with E-state index in [0.29, 0.717) is 17.3 Å². The minimum atomic E-state index is -3.46. The van der Waals surface area contributed by atoms with E-state index >= 15 is 0 Å². The minimum absolute atomic E-state index is 0.145. The molecule has 1 atom stereocenters. The van der Waals surface area contributed by atoms with Gasteiger partial charge in [-0.1, -0.05) is 0 Å². The second kappa shape index (κ2) is 6.91. The minimum Gasteiger partial charge on any atom is -0.342 e. The SMILES string of the molecule is Cc1ccc(S(=O)(=O)N2CCCC(C(=O)N3CCCCC3)C2)s1. The third kappa shape index (κ3) is 3.61. The predicted molar refractivity (Wildman–Crippen MR) is 91.0 cm³/mol. The number of likely N-dealkylation sites (tertiary alicyclic amines) is 1. The molecule has 1 amide bonds. The van der Waals surface area contributed by atoms with Crippen molar-refractivity contribution in [1.82, 2.24) is 9.21 Å². The van der Waals surface area contributed by atoms with Crippen LogP contribution < -0.4 is 0 Å². The average molecular weight is 357 g/mol. The molecule has 0 saturated carbocycles. The van der Waals surface area contributed by atoms with Crippen LogP contribution in [0.25, 0.3) is 0 Å². The highest BCUT2D eigenvalue weighted by Gasteiger charge is 2.35. The maximum Gasteiger partial charge on any atom is 0.252 e. The second-order valence-electron chi connectivity index (χ2n) is 6.45. The Kier molecular flexibility index (Phi) is 5.08. The molecule has 0 spiro atoms. The van der Waals surface area contributed by atoms with Crippen LogP contribution in [-0.4, -0.2) is 49.7 Å². The van der Waals surface area contributed by atoms with E-state index in [9.17, 15) is 13.2 Å². The maximum absolute atomic E-state index is 12.8. The highest BCUT2D eigenvalue weighted by Crippen LogP contribution is 2.29. The van der Waals surface area contributed by atoms with Gasteiger partial charge in [-0.25, -0.2) is 8.42 Å². The molecular formula is C16H24N2O3S2. The van der Waals surface area contributed by atoms with E-state index in [4.69, 9.17) is 0 Å². The molecule has 1 unspecified atom stereocenters. The van der Waals surface area contributed by atoms with E-state index in [2.05, 4.69) is 0 Å². The average Bonchev–Trinajstić information content (AvgIpc) is 3.02. The molecule has 1 aromatic rings. The van der Waals surface area contributed by atoms with Crippen LogP contribution in [-0.2, 0) is 14.8 Å². The van der Waals surface area contributed by atoms with Crippen LogP contribution in [0.15, 0.2) is 16.3 Å². The maximum atomic E-state index is 12.8. The lowest BCUT2D eigenvalue weighted by molar-refractivity contribution is -0.137. The summed E-state index contributed by atoms with van der Waals surface area (Å²) in [5.41, 5.74) is 0. The van der Waals surface area contributed by atoms with Crippen molar-refractivity contribution in [2.75, 3.05) is 26.2 Å². The summed E-state index contributed by atoms with van der Waals surface area (Å²) in [5, 5.41) is 0. The number of carbonyl (C=O) groups excluding carboxylic acids is 1. The molecule has 128 valence electrons. The molecule has 0 bridgehead atoms. The fourth-order valence-corrected chi connectivity index (χ4v) is 6.37. The number of hydrogen-bond donors (Lipinski definition) is 0. The monoisotopic (exact) mass is 356 g/mol. The standard InChI is InChI=1S/C16H24N2O3S2/c1-13-7-8-15(22-13)23(20,21)18-11-5-6-14(12-18)16(19)17-9-3-2-4-10-17/h7-8,14H,2-6,9-12H2,1H3. The van der Waals surface area contributed by atoms with E-state index in [-0.39, 0.29) is 11.8 Å². The van der Waals surface area contributed by atoms with Gasteiger partial charge in [0.25, 0.3) is 10.0 Å². The van der Waals surface area contributed by atoms with Crippen LogP contribution in [0, 0.1) is 12.8 Å². The number of rotatable bonds is 3. The summed E-state index contributed by atoms with van der Waals surface area (Å²) in [6.07, 6.45) is 4.87. The van der Waals surface area contributed by atoms with Gasteiger partial charge in [0.15, 0.2) is 0 Å². The molecule has 5 nitrogen and oxygen atoms in total. The lowest BCUT2D eigenvalue weighted by Gasteiger charge is -2.35. The zero-order valence-electron chi connectivity index (χ0n) is 13.5. The number of carbonyl (C=O) groups is 1. The normalized spacial score (nSPS) is 23.9. The van der Waals surface area contributed by atoms with Gasteiger partial charge in [0.2, 0.25) is 5.91 Å². The molecule has 0 N–H and O–H groups in total. The first-order chi connectivity index (χ1) is 11.0. The van der Waals surface area contributed by atoms with Gasteiger partial charge in [-0.05, 0) is 51.2 Å². The predicted octanol–water partition coefficient (Wildman–Crippen LogP) is 2.47. The topological polar surface area (TPSA) is 57.7 Å². The molecule has 3 heterocycles. The van der Waals surface area contributed by atoms with E-state index in [1.807, 2.05) is 17.9 Å². The van der Waals surface area contributed by atoms with Gasteiger partial charge in [-0.2, -0.15) is 4.31 Å². The number of thiophene rings is 1. The third-order valence-corrected chi connectivity index (χ3v) is 8.04. The molecule has 23 heavy (non-hydrogen) atoms. The molecule has 0 aromatic carbocycles. The van der Waals surface area contributed by atoms with Crippen LogP contribution in [0.4, 0.5) is 0 Å². The zero-order valence-corrected chi connectivity index (χ0v) is 15.2. The second-order valence-corrected chi connectivity index (χ2v) is 9.91. The molecule has 2 aliphatic rings. The Morgan fingerprint density at radius 3 is 2.52 bits per heavy atom. The Hall–Kier alpha value is -0.920. The van der Waals surface area contributed by atoms with E-state index in [1.54, 1.807) is 6.07 Å². The molecule has 1 aromatic heterocycles. The Morgan fingerprint density at radius 1 is 1.13 bits per heavy atom. The van der Waals surface area contributed by atoms with Crippen molar-refractivity contribution in [3.8, 4) is 0 Å². The number of sulfonamides is 1. The lowest BCUT2D eigenvalue weighted by Crippen LogP contribution is -2.47. The van der Waals surface area contributed by atoms with Crippen LogP contribution in [0.3, 0.4) is 0 Å². The highest BCUT2D eigenvalue weighted by atomic mass is 32.2. The number of hydrogen-bond acceptors (Lipinski definition) is 4. The van der Waals surface area contributed by atoms with Crippen molar-refractivity contribution in [2.45, 2.75) is 43.2 Å². The van der Waals surface area contributed by atoms with Crippen LogP contribution >= 0.6 is 11.3 Å². The Balaban J connectivity index is 1.71. The van der Waals surface area contributed by atoms with Crippen molar-refractivity contribution in [3.63, 3.8) is 0 Å². The van der Waals surface area contributed by atoms with E-state index in [1.165, 1.54) is 22.1 Å². The summed E-state index contributed by atoms with van der Waals surface area (Å²) >= 11 is 1.30. The molecule has 2 aliphatic heterocycles. The van der Waals surface area contributed by atoms with Gasteiger partial charge < -0.3 is 4.90 Å². The van der Waals surface area contributed by atoms with E-state index in [0.717, 1.165) is 43.6 Å². The van der Waals surface area contributed by atoms with Crippen molar-refractivity contribution in [1.29, 1.82) is 0 Å². The molecule has 0 radical (unpaired) electrons. The first kappa shape index (κ1) is 16.9. The Labute approximate surface area is 142 Å². The highest BCUT2D eigenvalue weighted by molar-refractivity contribution is 7.91. The van der Waals surface area contributed by atoms with Crippen molar-refractivity contribution < 1.29 is 13.2 Å². The summed E-state index contributed by atoms with van der Waals surface area (Å²) in [7, 11) is -3.46. The quantitative estimate of drug-likeness (QED) is 0.836. The van der Waals surface area contributed by atoms with E-state index < -0.39 is 10.0 Å². The fraction of sp³-hybridized carbons (Fsp3) is 0.688. The molecule has 7 heteroatoms. The van der Waals surface area contributed by atoms with Crippen LogP contribution in [0.2, 0.25) is 0 Å². The molecule has 0 aliphatic carbocycles. The van der Waals surface area contributed by atoms with Crippen molar-refractivity contribution >= 4 is 27.3 Å². The van der Waals surface area contributed by atoms with Gasteiger partial charge in [0.05, 0.1) is 5.92 Å². The summed E-state index contributed by atoms with van der Waals surface area (Å²) in [6.45, 7) is 4.40. The fourth-order valence-electron chi connectivity index (χ4n) is 3.41. The third-order valence-electron chi connectivity index (χ3n) is 4.71. The van der Waals surface area contributed by atoms with Crippen molar-refractivity contribution in [3.05, 3.63) is 17.0 Å². The molecule has 2 fully saturated rings. The summed E-state index contributed by atoms with van der Waals surface area (Å²) in [4.78, 5) is 15.6. The summed E-state index contributed by atoms with van der Waals surface area (Å²) in [6, 6.07) is 3.50. The number of piperidine rings is 2. The number of amides is 1. The summed E-state index contributed by atoms with van der Waals surface area (Å²) < 4.78 is 27.4. The smallest absolute Gasteiger partial charge is 0.252 e. The largest absolute Gasteiger partial charge is 0.342 e. The Bertz CT molecular complexity index is 663.